The zero-order valence-electron chi connectivity index (χ0n) is 14.4. The van der Waals surface area contributed by atoms with E-state index in [-0.39, 0.29) is 5.91 Å². The molecule has 5 heteroatoms. The third-order valence-corrected chi connectivity index (χ3v) is 4.90. The van der Waals surface area contributed by atoms with Crippen molar-refractivity contribution in [2.45, 2.75) is 32.7 Å². The highest BCUT2D eigenvalue weighted by Gasteiger charge is 2.19. The molecule has 1 N–H and O–H groups in total. The van der Waals surface area contributed by atoms with Crippen LogP contribution in [-0.4, -0.2) is 32.1 Å². The highest BCUT2D eigenvalue weighted by Crippen LogP contribution is 2.15. The van der Waals surface area contributed by atoms with Crippen molar-refractivity contribution >= 4 is 14.0 Å². The van der Waals surface area contributed by atoms with Gasteiger partial charge in [-0.3, -0.25) is 9.69 Å². The molecule has 0 saturated heterocycles. The Bertz CT molecular complexity index is 615. The van der Waals surface area contributed by atoms with Gasteiger partial charge in [0.15, 0.2) is 0 Å². The van der Waals surface area contributed by atoms with E-state index in [1.807, 2.05) is 36.4 Å². The van der Waals surface area contributed by atoms with Gasteiger partial charge in [0.25, 0.3) is 5.91 Å². The number of hydrogen-bond acceptors (Lipinski definition) is 3. The molecule has 0 saturated carbocycles. The van der Waals surface area contributed by atoms with Crippen LogP contribution in [0.25, 0.3) is 0 Å². The Morgan fingerprint density at radius 1 is 1.13 bits per heavy atom. The van der Waals surface area contributed by atoms with Crippen molar-refractivity contribution in [3.63, 3.8) is 0 Å². The second kappa shape index (κ2) is 7.61. The summed E-state index contributed by atoms with van der Waals surface area (Å²) < 4.78 is 5.50. The first-order valence-electron chi connectivity index (χ1n) is 7.93. The molecule has 2 rings (SSSR count). The summed E-state index contributed by atoms with van der Waals surface area (Å²) in [6, 6.07) is 11.8. The summed E-state index contributed by atoms with van der Waals surface area (Å²) in [6.45, 7) is 8.79. The monoisotopic (exact) mass is 330 g/mol. The second-order valence-corrected chi connectivity index (χ2v) is 12.5. The van der Waals surface area contributed by atoms with Gasteiger partial charge in [0.1, 0.15) is 5.76 Å². The molecule has 0 aliphatic carbocycles. The predicted octanol–water partition coefficient (Wildman–Crippen LogP) is 3.52. The lowest BCUT2D eigenvalue weighted by molar-refractivity contribution is 0.0963. The number of furan rings is 1. The van der Waals surface area contributed by atoms with E-state index in [1.54, 1.807) is 13.3 Å². The second-order valence-electron chi connectivity index (χ2n) is 7.06. The van der Waals surface area contributed by atoms with Crippen LogP contribution in [0.4, 0.5) is 0 Å². The van der Waals surface area contributed by atoms with Crippen molar-refractivity contribution in [2.75, 3.05) is 13.2 Å². The summed E-state index contributed by atoms with van der Waals surface area (Å²) in [5, 5.41) is 2.65. The number of rotatable bonds is 7. The van der Waals surface area contributed by atoms with E-state index in [2.05, 4.69) is 29.9 Å². The van der Waals surface area contributed by atoms with Crippen LogP contribution in [0.2, 0.25) is 19.6 Å². The van der Waals surface area contributed by atoms with E-state index in [4.69, 9.17) is 4.42 Å². The topological polar surface area (TPSA) is 45.5 Å². The van der Waals surface area contributed by atoms with E-state index in [1.165, 1.54) is 5.56 Å². The lowest BCUT2D eigenvalue weighted by Gasteiger charge is -2.28. The molecule has 1 aromatic heterocycles. The number of amides is 1. The Kier molecular flexibility index (Phi) is 5.79. The minimum Gasteiger partial charge on any atom is -0.468 e. The van der Waals surface area contributed by atoms with Crippen LogP contribution >= 0.6 is 0 Å². The van der Waals surface area contributed by atoms with E-state index in [0.717, 1.165) is 25.0 Å². The van der Waals surface area contributed by atoms with Gasteiger partial charge in [-0.05, 0) is 36.0 Å². The van der Waals surface area contributed by atoms with Gasteiger partial charge < -0.3 is 9.73 Å². The first kappa shape index (κ1) is 17.5. The first-order valence-corrected chi connectivity index (χ1v) is 11.6. The standard InChI is InChI=1S/C18H26N2O2Si/c1-19-18(21)16-9-7-15(8-10-16)12-20(14-23(2,3)4)13-17-6-5-11-22-17/h5-11H,12-14H2,1-4H3,(H,19,21). The minimum absolute atomic E-state index is 0.0499. The van der Waals surface area contributed by atoms with Gasteiger partial charge in [-0.2, -0.15) is 0 Å². The molecular formula is C18H26N2O2Si. The Morgan fingerprint density at radius 2 is 1.83 bits per heavy atom. The maximum Gasteiger partial charge on any atom is 0.251 e. The molecule has 1 amide bonds. The summed E-state index contributed by atoms with van der Waals surface area (Å²) in [5.74, 6) is 0.941. The molecule has 0 radical (unpaired) electrons. The van der Waals surface area contributed by atoms with Crippen LogP contribution in [0.1, 0.15) is 21.7 Å². The molecule has 2 aromatic rings. The average Bonchev–Trinajstić information content (AvgIpc) is 2.98. The van der Waals surface area contributed by atoms with Gasteiger partial charge in [0.2, 0.25) is 0 Å². The summed E-state index contributed by atoms with van der Waals surface area (Å²) in [5.41, 5.74) is 1.90. The average molecular weight is 331 g/mol. The number of carbonyl (C=O) groups excluding carboxylic acids is 1. The van der Waals surface area contributed by atoms with Crippen LogP contribution in [-0.2, 0) is 13.1 Å². The molecule has 0 unspecified atom stereocenters. The largest absolute Gasteiger partial charge is 0.468 e. The van der Waals surface area contributed by atoms with Crippen molar-refractivity contribution in [1.29, 1.82) is 0 Å². The smallest absolute Gasteiger partial charge is 0.251 e. The lowest BCUT2D eigenvalue weighted by atomic mass is 10.1. The normalized spacial score (nSPS) is 11.7. The van der Waals surface area contributed by atoms with Gasteiger partial charge in [-0.15, -0.1) is 0 Å². The summed E-state index contributed by atoms with van der Waals surface area (Å²) >= 11 is 0. The molecular weight excluding hydrogens is 304 g/mol. The van der Waals surface area contributed by atoms with Crippen LogP contribution in [0.15, 0.2) is 47.1 Å². The van der Waals surface area contributed by atoms with Gasteiger partial charge in [0.05, 0.1) is 20.9 Å². The Balaban J connectivity index is 2.08. The zero-order chi connectivity index (χ0) is 16.9. The highest BCUT2D eigenvalue weighted by atomic mass is 28.3. The summed E-state index contributed by atoms with van der Waals surface area (Å²) in [7, 11) is 0.426. The predicted molar refractivity (Wildman–Crippen MR) is 96.0 cm³/mol. The lowest BCUT2D eigenvalue weighted by Crippen LogP contribution is -2.39. The van der Waals surface area contributed by atoms with Gasteiger partial charge in [0, 0.05) is 19.2 Å². The molecule has 4 nitrogen and oxygen atoms in total. The summed E-state index contributed by atoms with van der Waals surface area (Å²) in [4.78, 5) is 14.0. The Hall–Kier alpha value is -1.85. The van der Waals surface area contributed by atoms with Crippen molar-refractivity contribution in [1.82, 2.24) is 10.2 Å². The number of hydrogen-bond donors (Lipinski definition) is 1. The molecule has 0 aliphatic rings. The number of carbonyl (C=O) groups is 1. The van der Waals surface area contributed by atoms with Gasteiger partial charge in [-0.1, -0.05) is 31.8 Å². The third kappa shape index (κ3) is 5.69. The number of nitrogens with zero attached hydrogens (tertiary/aromatic N) is 1. The number of benzene rings is 1. The first-order chi connectivity index (χ1) is 10.9. The van der Waals surface area contributed by atoms with E-state index < -0.39 is 8.07 Å². The SMILES string of the molecule is CNC(=O)c1ccc(CN(Cc2ccco2)C[Si](C)(C)C)cc1. The Labute approximate surface area is 139 Å². The molecule has 1 aromatic carbocycles. The summed E-state index contributed by atoms with van der Waals surface area (Å²) in [6.07, 6.45) is 2.82. The highest BCUT2D eigenvalue weighted by molar-refractivity contribution is 6.76. The maximum atomic E-state index is 11.6. The molecule has 0 fully saturated rings. The van der Waals surface area contributed by atoms with Crippen LogP contribution < -0.4 is 5.32 Å². The fraction of sp³-hybridized carbons (Fsp3) is 0.389. The number of nitrogens with one attached hydrogen (secondary N) is 1. The van der Waals surface area contributed by atoms with Crippen LogP contribution in [0.3, 0.4) is 0 Å². The molecule has 0 spiro atoms. The fourth-order valence-electron chi connectivity index (χ4n) is 2.63. The fourth-order valence-corrected chi connectivity index (χ4v) is 4.19. The van der Waals surface area contributed by atoms with Crippen LogP contribution in [0.5, 0.6) is 0 Å². The van der Waals surface area contributed by atoms with E-state index in [9.17, 15) is 4.79 Å². The van der Waals surface area contributed by atoms with E-state index in [0.29, 0.717) is 5.56 Å². The third-order valence-electron chi connectivity index (χ3n) is 3.51. The Morgan fingerprint density at radius 3 is 2.35 bits per heavy atom. The van der Waals surface area contributed by atoms with Crippen molar-refractivity contribution in [3.8, 4) is 0 Å². The molecule has 23 heavy (non-hydrogen) atoms. The zero-order valence-corrected chi connectivity index (χ0v) is 15.4. The molecule has 0 aliphatic heterocycles. The minimum atomic E-state index is -1.22. The van der Waals surface area contributed by atoms with Gasteiger partial charge >= 0.3 is 0 Å². The van der Waals surface area contributed by atoms with Crippen molar-refractivity contribution in [3.05, 3.63) is 59.5 Å². The molecule has 1 heterocycles. The quantitative estimate of drug-likeness (QED) is 0.790. The maximum absolute atomic E-state index is 11.6. The van der Waals surface area contributed by atoms with E-state index >= 15 is 0 Å². The molecule has 0 bridgehead atoms. The van der Waals surface area contributed by atoms with Crippen molar-refractivity contribution in [2.24, 2.45) is 0 Å². The molecule has 0 atom stereocenters. The van der Waals surface area contributed by atoms with Gasteiger partial charge in [-0.25, -0.2) is 0 Å². The molecule has 124 valence electrons. The van der Waals surface area contributed by atoms with Crippen molar-refractivity contribution < 1.29 is 9.21 Å². The van der Waals surface area contributed by atoms with Crippen LogP contribution in [0, 0.1) is 0 Å².